The predicted octanol–water partition coefficient (Wildman–Crippen LogP) is 3.36. The first-order valence-electron chi connectivity index (χ1n) is 6.76. The van der Waals surface area contributed by atoms with E-state index >= 15 is 0 Å². The standard InChI is InChI=1S/C13H29NO/c1-3-4-5-6-7-8-9-10-11-12-13(2)14-15/h13H,3-12,14H2,1-2H3. The van der Waals surface area contributed by atoms with Crippen LogP contribution in [0, 0.1) is 5.21 Å². The van der Waals surface area contributed by atoms with Crippen LogP contribution < -0.4 is 5.48 Å². The Bertz CT molecular complexity index is 117. The molecule has 0 amide bonds. The Morgan fingerprint density at radius 1 is 0.867 bits per heavy atom. The second-order valence-corrected chi connectivity index (χ2v) is 4.73. The Labute approximate surface area is 95.4 Å². The SMILES string of the molecule is CCCCCCCCCCCC(C)[NH2+][O-]. The molecule has 0 radical (unpaired) electrons. The minimum absolute atomic E-state index is 0.273. The van der Waals surface area contributed by atoms with E-state index in [1.54, 1.807) is 0 Å². The second-order valence-electron chi connectivity index (χ2n) is 4.73. The van der Waals surface area contributed by atoms with E-state index in [0.29, 0.717) is 0 Å². The third kappa shape index (κ3) is 11.8. The van der Waals surface area contributed by atoms with Crippen LogP contribution in [-0.4, -0.2) is 6.04 Å². The van der Waals surface area contributed by atoms with Gasteiger partial charge in [0.25, 0.3) is 0 Å². The molecule has 1 unspecified atom stereocenters. The third-order valence-corrected chi connectivity index (χ3v) is 3.00. The summed E-state index contributed by atoms with van der Waals surface area (Å²) in [6.45, 7) is 4.27. The lowest BCUT2D eigenvalue weighted by Gasteiger charge is -2.11. The molecule has 2 nitrogen and oxygen atoms in total. The van der Waals surface area contributed by atoms with Crippen LogP contribution >= 0.6 is 0 Å². The molecule has 0 heterocycles. The predicted molar refractivity (Wildman–Crippen MR) is 66.6 cm³/mol. The van der Waals surface area contributed by atoms with Crippen molar-refractivity contribution in [2.75, 3.05) is 0 Å². The average molecular weight is 215 g/mol. The monoisotopic (exact) mass is 215 g/mol. The minimum Gasteiger partial charge on any atom is -0.636 e. The Hall–Kier alpha value is -0.0800. The van der Waals surface area contributed by atoms with Gasteiger partial charge in [0.05, 0.1) is 6.04 Å². The van der Waals surface area contributed by atoms with Crippen LogP contribution in [0.2, 0.25) is 0 Å². The van der Waals surface area contributed by atoms with Crippen molar-refractivity contribution in [3.05, 3.63) is 5.21 Å². The molecule has 2 N–H and O–H groups in total. The molecule has 92 valence electrons. The van der Waals surface area contributed by atoms with Gasteiger partial charge in [-0.05, 0) is 19.8 Å². The fourth-order valence-corrected chi connectivity index (χ4v) is 1.85. The highest BCUT2D eigenvalue weighted by atomic mass is 16.5. The maximum Gasteiger partial charge on any atom is 0.0827 e. The van der Waals surface area contributed by atoms with E-state index in [2.05, 4.69) is 6.92 Å². The zero-order chi connectivity index (χ0) is 11.4. The molecule has 1 atom stereocenters. The summed E-state index contributed by atoms with van der Waals surface area (Å²) in [4.78, 5) is 0. The van der Waals surface area contributed by atoms with Crippen LogP contribution in [0.3, 0.4) is 0 Å². The summed E-state index contributed by atoms with van der Waals surface area (Å²) in [5, 5.41) is 10.4. The number of quaternary nitrogens is 1. The Kier molecular flexibility index (Phi) is 11.9. The molecule has 0 bridgehead atoms. The molecular weight excluding hydrogens is 186 g/mol. The number of unbranched alkanes of at least 4 members (excludes halogenated alkanes) is 8. The molecule has 0 saturated carbocycles. The van der Waals surface area contributed by atoms with Crippen molar-refractivity contribution in [1.29, 1.82) is 0 Å². The summed E-state index contributed by atoms with van der Waals surface area (Å²) < 4.78 is 0. The van der Waals surface area contributed by atoms with Gasteiger partial charge in [-0.3, -0.25) is 0 Å². The van der Waals surface area contributed by atoms with Crippen molar-refractivity contribution in [2.24, 2.45) is 0 Å². The molecule has 0 fully saturated rings. The van der Waals surface area contributed by atoms with Gasteiger partial charge in [0, 0.05) is 0 Å². The van der Waals surface area contributed by atoms with Crippen molar-refractivity contribution >= 4 is 0 Å². The summed E-state index contributed by atoms with van der Waals surface area (Å²) in [7, 11) is 0. The normalized spacial score (nSPS) is 13.0. The second kappa shape index (κ2) is 12.0. The molecule has 2 heteroatoms. The van der Waals surface area contributed by atoms with E-state index < -0.39 is 0 Å². The molecule has 0 aromatic carbocycles. The Morgan fingerprint density at radius 3 is 1.80 bits per heavy atom. The van der Waals surface area contributed by atoms with Crippen LogP contribution in [-0.2, 0) is 0 Å². The fraction of sp³-hybridized carbons (Fsp3) is 1.00. The number of hydrogen-bond donors (Lipinski definition) is 1. The van der Waals surface area contributed by atoms with E-state index in [0.717, 1.165) is 11.9 Å². The quantitative estimate of drug-likeness (QED) is 0.416. The summed E-state index contributed by atoms with van der Waals surface area (Å²) in [5.74, 6) is 0. The van der Waals surface area contributed by atoms with Crippen LogP contribution in [0.15, 0.2) is 0 Å². The van der Waals surface area contributed by atoms with Crippen molar-refractivity contribution in [3.8, 4) is 0 Å². The molecule has 0 aliphatic carbocycles. The Morgan fingerprint density at radius 2 is 1.33 bits per heavy atom. The van der Waals surface area contributed by atoms with Gasteiger partial charge in [0.15, 0.2) is 0 Å². The molecule has 0 spiro atoms. The van der Waals surface area contributed by atoms with Crippen molar-refractivity contribution in [2.45, 2.75) is 84.1 Å². The number of hydroxylamine groups is 1. The highest BCUT2D eigenvalue weighted by Gasteiger charge is 1.98. The summed E-state index contributed by atoms with van der Waals surface area (Å²) in [6, 6.07) is 0.273. The van der Waals surface area contributed by atoms with Gasteiger partial charge < -0.3 is 10.7 Å². The maximum atomic E-state index is 10.4. The lowest BCUT2D eigenvalue weighted by Crippen LogP contribution is -2.83. The average Bonchev–Trinajstić information content (AvgIpc) is 2.26. The number of rotatable bonds is 11. The molecule has 0 aromatic rings. The zero-order valence-corrected chi connectivity index (χ0v) is 10.6. The molecule has 15 heavy (non-hydrogen) atoms. The molecule has 0 rings (SSSR count). The van der Waals surface area contributed by atoms with E-state index in [1.165, 1.54) is 57.8 Å². The van der Waals surface area contributed by atoms with Gasteiger partial charge in [-0.15, -0.1) is 0 Å². The van der Waals surface area contributed by atoms with Crippen LogP contribution in [0.4, 0.5) is 0 Å². The summed E-state index contributed by atoms with van der Waals surface area (Å²) >= 11 is 0. The minimum atomic E-state index is 0.273. The molecule has 0 aliphatic rings. The summed E-state index contributed by atoms with van der Waals surface area (Å²) in [5.41, 5.74) is 1.07. The maximum absolute atomic E-state index is 10.4. The van der Waals surface area contributed by atoms with Gasteiger partial charge in [-0.1, -0.05) is 58.3 Å². The van der Waals surface area contributed by atoms with Crippen LogP contribution in [0.25, 0.3) is 0 Å². The van der Waals surface area contributed by atoms with E-state index in [4.69, 9.17) is 0 Å². The van der Waals surface area contributed by atoms with Gasteiger partial charge >= 0.3 is 0 Å². The molecule has 0 saturated heterocycles. The highest BCUT2D eigenvalue weighted by Crippen LogP contribution is 2.10. The number of nitrogens with two attached hydrogens (primary N) is 1. The molecule has 0 aromatic heterocycles. The molecule has 0 aliphatic heterocycles. The Balaban J connectivity index is 2.92. The van der Waals surface area contributed by atoms with E-state index in [1.807, 2.05) is 6.92 Å². The highest BCUT2D eigenvalue weighted by molar-refractivity contribution is 4.50. The van der Waals surface area contributed by atoms with Crippen molar-refractivity contribution in [1.82, 2.24) is 0 Å². The fourth-order valence-electron chi connectivity index (χ4n) is 1.85. The topological polar surface area (TPSA) is 39.7 Å². The lowest BCUT2D eigenvalue weighted by molar-refractivity contribution is -0.624. The third-order valence-electron chi connectivity index (χ3n) is 3.00. The van der Waals surface area contributed by atoms with Crippen LogP contribution in [0.1, 0.15) is 78.1 Å². The first-order valence-corrected chi connectivity index (χ1v) is 6.76. The van der Waals surface area contributed by atoms with E-state index in [-0.39, 0.29) is 6.04 Å². The smallest absolute Gasteiger partial charge is 0.0827 e. The van der Waals surface area contributed by atoms with Crippen LogP contribution in [0.5, 0.6) is 0 Å². The van der Waals surface area contributed by atoms with Crippen molar-refractivity contribution < 1.29 is 5.48 Å². The zero-order valence-electron chi connectivity index (χ0n) is 10.6. The van der Waals surface area contributed by atoms with Crippen molar-refractivity contribution in [3.63, 3.8) is 0 Å². The largest absolute Gasteiger partial charge is 0.636 e. The van der Waals surface area contributed by atoms with Gasteiger partial charge in [0.1, 0.15) is 0 Å². The first kappa shape index (κ1) is 14.9. The van der Waals surface area contributed by atoms with E-state index in [9.17, 15) is 5.21 Å². The lowest BCUT2D eigenvalue weighted by atomic mass is 10.1. The first-order chi connectivity index (χ1) is 7.31. The van der Waals surface area contributed by atoms with Gasteiger partial charge in [0.2, 0.25) is 0 Å². The number of hydrogen-bond acceptors (Lipinski definition) is 1. The molecular formula is C13H29NO. The summed E-state index contributed by atoms with van der Waals surface area (Å²) in [6.07, 6.45) is 13.3. The van der Waals surface area contributed by atoms with Gasteiger partial charge in [-0.25, -0.2) is 0 Å². The van der Waals surface area contributed by atoms with Gasteiger partial charge in [-0.2, -0.15) is 0 Å².